The molecule has 1 atom stereocenters. The Labute approximate surface area is 106 Å². The van der Waals surface area contributed by atoms with Crippen LogP contribution in [-0.4, -0.2) is 35.6 Å². The monoisotopic (exact) mass is 243 g/mol. The molecule has 0 saturated carbocycles. The number of oxime groups is 1. The zero-order valence-corrected chi connectivity index (χ0v) is 12.0. The molecule has 102 valence electrons. The van der Waals surface area contributed by atoms with Crippen molar-refractivity contribution in [3.05, 3.63) is 0 Å². The third kappa shape index (κ3) is 8.02. The lowest BCUT2D eigenvalue weighted by Crippen LogP contribution is -2.35. The summed E-state index contributed by atoms with van der Waals surface area (Å²) in [6, 6.07) is 0. The van der Waals surface area contributed by atoms with E-state index in [4.69, 9.17) is 10.9 Å². The van der Waals surface area contributed by atoms with Crippen molar-refractivity contribution < 1.29 is 5.21 Å². The van der Waals surface area contributed by atoms with Crippen molar-refractivity contribution in [2.45, 2.75) is 47.5 Å². The van der Waals surface area contributed by atoms with Gasteiger partial charge in [-0.05, 0) is 31.3 Å². The Morgan fingerprint density at radius 3 is 2.41 bits per heavy atom. The minimum Gasteiger partial charge on any atom is -0.409 e. The van der Waals surface area contributed by atoms with Crippen LogP contribution in [0.5, 0.6) is 0 Å². The average molecular weight is 243 g/mol. The van der Waals surface area contributed by atoms with Gasteiger partial charge in [0.15, 0.2) is 0 Å². The van der Waals surface area contributed by atoms with E-state index in [1.807, 2.05) is 6.92 Å². The highest BCUT2D eigenvalue weighted by Gasteiger charge is 2.14. The Morgan fingerprint density at radius 1 is 1.41 bits per heavy atom. The van der Waals surface area contributed by atoms with E-state index < -0.39 is 0 Å². The molecule has 0 aromatic carbocycles. The largest absolute Gasteiger partial charge is 0.409 e. The Bertz CT molecular complexity index is 233. The van der Waals surface area contributed by atoms with Gasteiger partial charge >= 0.3 is 0 Å². The van der Waals surface area contributed by atoms with Gasteiger partial charge in [-0.2, -0.15) is 0 Å². The topological polar surface area (TPSA) is 61.8 Å². The van der Waals surface area contributed by atoms with Gasteiger partial charge in [0, 0.05) is 12.5 Å². The van der Waals surface area contributed by atoms with Crippen LogP contribution in [0, 0.1) is 11.3 Å². The minimum atomic E-state index is 0.106. The van der Waals surface area contributed by atoms with Crippen LogP contribution in [0.1, 0.15) is 47.5 Å². The van der Waals surface area contributed by atoms with Gasteiger partial charge in [0.25, 0.3) is 0 Å². The van der Waals surface area contributed by atoms with Crippen LogP contribution in [0.25, 0.3) is 0 Å². The first-order chi connectivity index (χ1) is 7.80. The van der Waals surface area contributed by atoms with Crippen LogP contribution < -0.4 is 5.73 Å². The van der Waals surface area contributed by atoms with Crippen molar-refractivity contribution in [3.63, 3.8) is 0 Å². The minimum absolute atomic E-state index is 0.106. The first kappa shape index (κ1) is 16.2. The predicted octanol–water partition coefficient (Wildman–Crippen LogP) is 2.52. The molecule has 0 fully saturated rings. The standard InChI is InChI=1S/C13H29N3O/c1-6-16(9-7-8-13(3,4)5)10-11(2)12(14)15-17/h11,17H,6-10H2,1-5H3,(H2,14,15). The molecule has 0 rings (SSSR count). The van der Waals surface area contributed by atoms with Crippen molar-refractivity contribution in [1.82, 2.24) is 4.90 Å². The normalized spacial score (nSPS) is 15.3. The van der Waals surface area contributed by atoms with Crippen molar-refractivity contribution in [3.8, 4) is 0 Å². The number of amidine groups is 1. The summed E-state index contributed by atoms with van der Waals surface area (Å²) >= 11 is 0. The van der Waals surface area contributed by atoms with E-state index in [9.17, 15) is 0 Å². The van der Waals surface area contributed by atoms with Gasteiger partial charge in [0.2, 0.25) is 0 Å². The van der Waals surface area contributed by atoms with Crippen molar-refractivity contribution in [2.24, 2.45) is 22.2 Å². The molecule has 0 aromatic rings. The van der Waals surface area contributed by atoms with Crippen LogP contribution in [0.2, 0.25) is 0 Å². The third-order valence-electron chi connectivity index (χ3n) is 3.00. The summed E-state index contributed by atoms with van der Waals surface area (Å²) < 4.78 is 0. The SMILES string of the molecule is CCN(CCCC(C)(C)C)CC(C)C(N)=NO. The molecule has 0 aromatic heterocycles. The average Bonchev–Trinajstić information content (AvgIpc) is 2.24. The van der Waals surface area contributed by atoms with Gasteiger partial charge in [0.05, 0.1) is 0 Å². The summed E-state index contributed by atoms with van der Waals surface area (Å²) in [5.41, 5.74) is 5.99. The highest BCUT2D eigenvalue weighted by molar-refractivity contribution is 5.82. The summed E-state index contributed by atoms with van der Waals surface area (Å²) in [6.07, 6.45) is 2.42. The van der Waals surface area contributed by atoms with Gasteiger partial charge in [-0.25, -0.2) is 0 Å². The Morgan fingerprint density at radius 2 is 2.00 bits per heavy atom. The second-order valence-electron chi connectivity index (χ2n) is 5.98. The molecule has 0 bridgehead atoms. The maximum atomic E-state index is 8.62. The Kier molecular flexibility index (Phi) is 7.19. The third-order valence-corrected chi connectivity index (χ3v) is 3.00. The second kappa shape index (κ2) is 7.54. The lowest BCUT2D eigenvalue weighted by molar-refractivity contribution is 0.243. The highest BCUT2D eigenvalue weighted by atomic mass is 16.4. The number of rotatable bonds is 7. The lowest BCUT2D eigenvalue weighted by Gasteiger charge is -2.25. The predicted molar refractivity (Wildman–Crippen MR) is 73.4 cm³/mol. The Hall–Kier alpha value is -0.770. The van der Waals surface area contributed by atoms with Crippen molar-refractivity contribution in [1.29, 1.82) is 0 Å². The van der Waals surface area contributed by atoms with Gasteiger partial charge in [-0.3, -0.25) is 0 Å². The molecule has 1 unspecified atom stereocenters. The summed E-state index contributed by atoms with van der Waals surface area (Å²) in [5.74, 6) is 0.425. The fourth-order valence-electron chi connectivity index (χ4n) is 1.79. The molecule has 3 N–H and O–H groups in total. The van der Waals surface area contributed by atoms with E-state index in [1.54, 1.807) is 0 Å². The molecular weight excluding hydrogens is 214 g/mol. The first-order valence-electron chi connectivity index (χ1n) is 6.50. The maximum absolute atomic E-state index is 8.62. The molecule has 0 heterocycles. The summed E-state index contributed by atoms with van der Waals surface area (Å²) in [7, 11) is 0. The molecule has 0 aliphatic rings. The van der Waals surface area contributed by atoms with Crippen LogP contribution >= 0.6 is 0 Å². The second-order valence-corrected chi connectivity index (χ2v) is 5.98. The van der Waals surface area contributed by atoms with Crippen LogP contribution in [0.4, 0.5) is 0 Å². The van der Waals surface area contributed by atoms with E-state index >= 15 is 0 Å². The molecule has 0 amide bonds. The molecule has 0 saturated heterocycles. The van der Waals surface area contributed by atoms with E-state index in [0.717, 1.165) is 19.6 Å². The van der Waals surface area contributed by atoms with Gasteiger partial charge in [0.1, 0.15) is 5.84 Å². The summed E-state index contributed by atoms with van der Waals surface area (Å²) in [4.78, 5) is 2.36. The van der Waals surface area contributed by atoms with Crippen molar-refractivity contribution in [2.75, 3.05) is 19.6 Å². The first-order valence-corrected chi connectivity index (χ1v) is 6.50. The van der Waals surface area contributed by atoms with E-state index in [-0.39, 0.29) is 5.92 Å². The molecule has 4 heteroatoms. The molecule has 0 aliphatic heterocycles. The van der Waals surface area contributed by atoms with Crippen molar-refractivity contribution >= 4 is 5.84 Å². The summed E-state index contributed by atoms with van der Waals surface area (Å²) in [5, 5.41) is 11.7. The lowest BCUT2D eigenvalue weighted by atomic mass is 9.90. The zero-order valence-electron chi connectivity index (χ0n) is 12.0. The number of hydrogen-bond donors (Lipinski definition) is 2. The number of nitrogens with two attached hydrogens (primary N) is 1. The number of hydrogen-bond acceptors (Lipinski definition) is 3. The molecule has 17 heavy (non-hydrogen) atoms. The highest BCUT2D eigenvalue weighted by Crippen LogP contribution is 2.20. The molecule has 0 spiro atoms. The van der Waals surface area contributed by atoms with Crippen LogP contribution in [0.3, 0.4) is 0 Å². The summed E-state index contributed by atoms with van der Waals surface area (Å²) in [6.45, 7) is 13.9. The van der Waals surface area contributed by atoms with Crippen LogP contribution in [-0.2, 0) is 0 Å². The number of nitrogens with zero attached hydrogens (tertiary/aromatic N) is 2. The fraction of sp³-hybridized carbons (Fsp3) is 0.923. The van der Waals surface area contributed by atoms with E-state index in [1.165, 1.54) is 12.8 Å². The van der Waals surface area contributed by atoms with Crippen LogP contribution in [0.15, 0.2) is 5.16 Å². The maximum Gasteiger partial charge on any atom is 0.143 e. The van der Waals surface area contributed by atoms with E-state index in [0.29, 0.717) is 11.3 Å². The molecule has 0 aliphatic carbocycles. The molecule has 4 nitrogen and oxygen atoms in total. The quantitative estimate of drug-likeness (QED) is 0.312. The van der Waals surface area contributed by atoms with Gasteiger partial charge in [-0.1, -0.05) is 39.8 Å². The molecular formula is C13H29N3O. The van der Waals surface area contributed by atoms with E-state index in [2.05, 4.69) is 37.8 Å². The Balaban J connectivity index is 4.00. The fourth-order valence-corrected chi connectivity index (χ4v) is 1.79. The smallest absolute Gasteiger partial charge is 0.143 e. The molecule has 0 radical (unpaired) electrons. The van der Waals surface area contributed by atoms with Gasteiger partial charge in [-0.15, -0.1) is 0 Å². The van der Waals surface area contributed by atoms with Gasteiger partial charge < -0.3 is 15.8 Å². The zero-order chi connectivity index (χ0) is 13.5.